The average Bonchev–Trinajstić information content (AvgIpc) is 2.88. The molecule has 2 heterocycles. The van der Waals surface area contributed by atoms with Crippen molar-refractivity contribution in [3.8, 4) is 5.75 Å². The molecule has 0 aliphatic carbocycles. The topological polar surface area (TPSA) is 50.8 Å². The molecule has 0 atom stereocenters. The summed E-state index contributed by atoms with van der Waals surface area (Å²) in [7, 11) is 2.18. The number of ether oxygens (including phenoxy) is 2. The van der Waals surface area contributed by atoms with Crippen LogP contribution in [-0.4, -0.2) is 36.7 Å². The third-order valence-electron chi connectivity index (χ3n) is 5.76. The fraction of sp³-hybridized carbons (Fsp3) is 0.423. The second-order valence-electron chi connectivity index (χ2n) is 9.41. The van der Waals surface area contributed by atoms with Crippen molar-refractivity contribution in [1.29, 1.82) is 0 Å². The van der Waals surface area contributed by atoms with Crippen molar-refractivity contribution in [3.63, 3.8) is 0 Å². The number of nitrogens with zero attached hydrogens (tertiary/aromatic N) is 1. The zero-order chi connectivity index (χ0) is 22.0. The van der Waals surface area contributed by atoms with Crippen LogP contribution in [-0.2, 0) is 17.9 Å². The monoisotopic (exact) mass is 420 g/mol. The predicted octanol–water partition coefficient (Wildman–Crippen LogP) is 5.13. The molecule has 0 bridgehead atoms. The molecule has 0 saturated carbocycles. The molecular formula is C26H32N2O3. The number of carbonyl (C=O) groups excluding carboxylic acids is 1. The van der Waals surface area contributed by atoms with E-state index in [4.69, 9.17) is 9.47 Å². The first-order valence-corrected chi connectivity index (χ1v) is 11.0. The van der Waals surface area contributed by atoms with E-state index in [9.17, 15) is 4.79 Å². The number of benzene rings is 2. The maximum absolute atomic E-state index is 12.1. The zero-order valence-corrected chi connectivity index (χ0v) is 19.0. The number of amides is 1. The van der Waals surface area contributed by atoms with Gasteiger partial charge in [0.1, 0.15) is 18.0 Å². The lowest BCUT2D eigenvalue weighted by molar-refractivity contribution is 0.0523. The van der Waals surface area contributed by atoms with Crippen LogP contribution >= 0.6 is 0 Å². The third kappa shape index (κ3) is 5.10. The van der Waals surface area contributed by atoms with E-state index >= 15 is 0 Å². The summed E-state index contributed by atoms with van der Waals surface area (Å²) in [5, 5.41) is 2.87. The van der Waals surface area contributed by atoms with Crippen LogP contribution in [0, 0.1) is 0 Å². The molecule has 2 aliphatic heterocycles. The minimum atomic E-state index is -0.513. The molecule has 1 N–H and O–H groups in total. The van der Waals surface area contributed by atoms with Gasteiger partial charge in [0.05, 0.1) is 0 Å². The smallest absolute Gasteiger partial charge is 0.407 e. The summed E-state index contributed by atoms with van der Waals surface area (Å²) in [6, 6.07) is 14.8. The molecule has 4 rings (SSSR count). The van der Waals surface area contributed by atoms with E-state index in [1.165, 1.54) is 22.3 Å². The number of likely N-dealkylation sites (tertiary alicyclic amines) is 1. The number of carbonyl (C=O) groups is 1. The standard InChI is InChI=1S/C26H32N2O3/c1-26(2,3)31-25(29)27-16-18-9-10-23-22(15-18)24(19-11-13-28(4)14-12-19)21-8-6-5-7-20(21)17-30-23/h5-10,15H,11-14,16-17H2,1-4H3,(H,27,29). The van der Waals surface area contributed by atoms with E-state index in [0.717, 1.165) is 42.8 Å². The Bertz CT molecular complexity index is 994. The Labute approximate surface area is 185 Å². The van der Waals surface area contributed by atoms with Crippen molar-refractivity contribution in [3.05, 3.63) is 70.3 Å². The number of alkyl carbamates (subject to hydrolysis) is 1. The van der Waals surface area contributed by atoms with Gasteiger partial charge >= 0.3 is 6.09 Å². The van der Waals surface area contributed by atoms with E-state index in [1.54, 1.807) is 0 Å². The molecule has 164 valence electrons. The van der Waals surface area contributed by atoms with Crippen LogP contribution < -0.4 is 10.1 Å². The van der Waals surface area contributed by atoms with Crippen LogP contribution in [0.1, 0.15) is 55.9 Å². The van der Waals surface area contributed by atoms with Crippen molar-refractivity contribution in [1.82, 2.24) is 10.2 Å². The number of hydrogen-bond donors (Lipinski definition) is 1. The largest absolute Gasteiger partial charge is 0.488 e. The lowest BCUT2D eigenvalue weighted by Crippen LogP contribution is -2.32. The number of hydrogen-bond acceptors (Lipinski definition) is 4. The fourth-order valence-corrected chi connectivity index (χ4v) is 4.21. The lowest BCUT2D eigenvalue weighted by Gasteiger charge is -2.27. The molecule has 1 fully saturated rings. The van der Waals surface area contributed by atoms with Crippen LogP contribution in [0.15, 0.2) is 48.0 Å². The van der Waals surface area contributed by atoms with E-state index in [1.807, 2.05) is 32.9 Å². The number of piperidine rings is 1. The van der Waals surface area contributed by atoms with Gasteiger partial charge in [0.25, 0.3) is 0 Å². The van der Waals surface area contributed by atoms with Gasteiger partial charge in [0.2, 0.25) is 0 Å². The van der Waals surface area contributed by atoms with Gasteiger partial charge in [-0.2, -0.15) is 0 Å². The van der Waals surface area contributed by atoms with E-state index in [0.29, 0.717) is 13.2 Å². The Morgan fingerprint density at radius 3 is 2.58 bits per heavy atom. The minimum Gasteiger partial charge on any atom is -0.488 e. The molecule has 0 aromatic heterocycles. The van der Waals surface area contributed by atoms with Gasteiger partial charge in [-0.25, -0.2) is 4.79 Å². The fourth-order valence-electron chi connectivity index (χ4n) is 4.21. The first-order chi connectivity index (χ1) is 14.8. The van der Waals surface area contributed by atoms with E-state index in [2.05, 4.69) is 47.6 Å². The van der Waals surface area contributed by atoms with Gasteiger partial charge in [-0.3, -0.25) is 0 Å². The molecule has 0 radical (unpaired) electrons. The highest BCUT2D eigenvalue weighted by molar-refractivity contribution is 5.87. The molecule has 2 aromatic carbocycles. The summed E-state index contributed by atoms with van der Waals surface area (Å²) in [5.74, 6) is 0.902. The molecule has 31 heavy (non-hydrogen) atoms. The normalized spacial score (nSPS) is 16.6. The van der Waals surface area contributed by atoms with E-state index < -0.39 is 11.7 Å². The van der Waals surface area contributed by atoms with Crippen molar-refractivity contribution < 1.29 is 14.3 Å². The minimum absolute atomic E-state index is 0.405. The van der Waals surface area contributed by atoms with Gasteiger partial charge in [-0.1, -0.05) is 35.9 Å². The maximum atomic E-state index is 12.1. The van der Waals surface area contributed by atoms with Gasteiger partial charge in [0, 0.05) is 25.2 Å². The Morgan fingerprint density at radius 2 is 1.84 bits per heavy atom. The second-order valence-corrected chi connectivity index (χ2v) is 9.41. The molecule has 1 saturated heterocycles. The van der Waals surface area contributed by atoms with Crippen LogP contribution in [0.5, 0.6) is 5.75 Å². The Hall–Kier alpha value is -2.79. The molecule has 0 unspecified atom stereocenters. The number of rotatable bonds is 2. The number of fused-ring (bicyclic) bond motifs is 2. The molecule has 5 nitrogen and oxygen atoms in total. The Morgan fingerprint density at radius 1 is 1.10 bits per heavy atom. The van der Waals surface area contributed by atoms with Crippen LogP contribution in [0.2, 0.25) is 0 Å². The third-order valence-corrected chi connectivity index (χ3v) is 5.76. The summed E-state index contributed by atoms with van der Waals surface area (Å²) in [6.07, 6.45) is 1.71. The highest BCUT2D eigenvalue weighted by Gasteiger charge is 2.24. The SMILES string of the molecule is CN1CCC(=C2c3ccccc3COc3ccc(CNC(=O)OC(C)(C)C)cc32)CC1. The summed E-state index contributed by atoms with van der Waals surface area (Å²) < 4.78 is 11.6. The maximum Gasteiger partial charge on any atom is 0.407 e. The van der Waals surface area contributed by atoms with Crippen molar-refractivity contribution in [2.75, 3.05) is 20.1 Å². The lowest BCUT2D eigenvalue weighted by atomic mass is 9.86. The van der Waals surface area contributed by atoms with Gasteiger partial charge in [-0.05, 0) is 75.1 Å². The highest BCUT2D eigenvalue weighted by Crippen LogP contribution is 2.41. The summed E-state index contributed by atoms with van der Waals surface area (Å²) in [6.45, 7) is 8.70. The Kier molecular flexibility index (Phi) is 6.05. The summed E-state index contributed by atoms with van der Waals surface area (Å²) >= 11 is 0. The highest BCUT2D eigenvalue weighted by atomic mass is 16.6. The molecular weight excluding hydrogens is 388 g/mol. The molecule has 2 aliphatic rings. The first kappa shape index (κ1) is 21.4. The zero-order valence-electron chi connectivity index (χ0n) is 19.0. The van der Waals surface area contributed by atoms with Crippen molar-refractivity contribution >= 4 is 11.7 Å². The Balaban J connectivity index is 1.69. The van der Waals surface area contributed by atoms with Crippen LogP contribution in [0.4, 0.5) is 4.79 Å². The summed E-state index contributed by atoms with van der Waals surface area (Å²) in [4.78, 5) is 14.5. The predicted molar refractivity (Wildman–Crippen MR) is 123 cm³/mol. The second kappa shape index (κ2) is 8.75. The van der Waals surface area contributed by atoms with Gasteiger partial charge in [0.15, 0.2) is 0 Å². The molecule has 2 aromatic rings. The first-order valence-electron chi connectivity index (χ1n) is 11.0. The van der Waals surface area contributed by atoms with Crippen molar-refractivity contribution in [2.24, 2.45) is 0 Å². The van der Waals surface area contributed by atoms with Crippen LogP contribution in [0.25, 0.3) is 5.57 Å². The van der Waals surface area contributed by atoms with Crippen LogP contribution in [0.3, 0.4) is 0 Å². The van der Waals surface area contributed by atoms with Crippen molar-refractivity contribution in [2.45, 2.75) is 52.4 Å². The summed E-state index contributed by atoms with van der Waals surface area (Å²) in [5.41, 5.74) is 6.89. The van der Waals surface area contributed by atoms with Gasteiger partial charge < -0.3 is 19.7 Å². The average molecular weight is 421 g/mol. The van der Waals surface area contributed by atoms with Gasteiger partial charge in [-0.15, -0.1) is 0 Å². The van der Waals surface area contributed by atoms with E-state index in [-0.39, 0.29) is 0 Å². The number of nitrogens with one attached hydrogen (secondary N) is 1. The molecule has 5 heteroatoms. The molecule has 0 spiro atoms. The quantitative estimate of drug-likeness (QED) is 0.732. The molecule has 1 amide bonds.